The Kier molecular flexibility index (Phi) is 5.84. The van der Waals surface area contributed by atoms with Crippen molar-refractivity contribution in [3.05, 3.63) is 103 Å². The number of halogens is 2. The quantitative estimate of drug-likeness (QED) is 0.362. The fourth-order valence-electron chi connectivity index (χ4n) is 3.23. The summed E-state index contributed by atoms with van der Waals surface area (Å²) in [6.45, 7) is 1.97. The van der Waals surface area contributed by atoms with Crippen LogP contribution in [0.4, 0.5) is 10.1 Å². The van der Waals surface area contributed by atoms with Crippen LogP contribution >= 0.6 is 28.1 Å². The molecular formula is C23H17BrFN3O2S. The minimum absolute atomic E-state index is 0.244. The lowest BCUT2D eigenvalue weighted by Crippen LogP contribution is -2.23. The van der Waals surface area contributed by atoms with E-state index in [9.17, 15) is 14.0 Å². The van der Waals surface area contributed by atoms with Crippen molar-refractivity contribution in [3.8, 4) is 0 Å². The van der Waals surface area contributed by atoms with Gasteiger partial charge in [-0.15, -0.1) is 0 Å². The number of fused-ring (bicyclic) bond motifs is 1. The first-order valence-electron chi connectivity index (χ1n) is 9.40. The van der Waals surface area contributed by atoms with Crippen molar-refractivity contribution >= 4 is 50.6 Å². The van der Waals surface area contributed by atoms with Crippen molar-refractivity contribution in [2.75, 3.05) is 5.32 Å². The summed E-state index contributed by atoms with van der Waals surface area (Å²) < 4.78 is 16.4. The van der Waals surface area contributed by atoms with Crippen LogP contribution in [-0.4, -0.2) is 15.5 Å². The Morgan fingerprint density at radius 2 is 1.97 bits per heavy atom. The smallest absolute Gasteiger partial charge is 0.262 e. The molecule has 0 radical (unpaired) electrons. The number of benzene rings is 3. The molecular weight excluding hydrogens is 481 g/mol. The van der Waals surface area contributed by atoms with Crippen molar-refractivity contribution in [1.29, 1.82) is 0 Å². The Morgan fingerprint density at radius 3 is 2.71 bits per heavy atom. The van der Waals surface area contributed by atoms with E-state index in [0.717, 1.165) is 10.0 Å². The molecule has 4 aromatic rings. The Balaban J connectivity index is 1.66. The number of amides is 1. The highest BCUT2D eigenvalue weighted by atomic mass is 79.9. The maximum Gasteiger partial charge on any atom is 0.262 e. The Labute approximate surface area is 190 Å². The largest absolute Gasteiger partial charge is 0.332 e. The van der Waals surface area contributed by atoms with Crippen LogP contribution in [-0.2, 0) is 6.54 Å². The molecule has 0 aliphatic carbocycles. The van der Waals surface area contributed by atoms with Crippen LogP contribution in [0.5, 0.6) is 0 Å². The molecule has 0 bridgehead atoms. The lowest BCUT2D eigenvalue weighted by atomic mass is 10.1. The van der Waals surface area contributed by atoms with E-state index in [-0.39, 0.29) is 10.3 Å². The van der Waals surface area contributed by atoms with Gasteiger partial charge in [0, 0.05) is 15.7 Å². The highest BCUT2D eigenvalue weighted by Crippen LogP contribution is 2.17. The number of H-pyrrole nitrogens is 1. The van der Waals surface area contributed by atoms with Gasteiger partial charge in [0.15, 0.2) is 4.77 Å². The Bertz CT molecular complexity index is 1450. The molecule has 0 saturated heterocycles. The Morgan fingerprint density at radius 1 is 1.16 bits per heavy atom. The number of nitrogens with zero attached hydrogens (tertiary/aromatic N) is 1. The highest BCUT2D eigenvalue weighted by molar-refractivity contribution is 9.10. The fraction of sp³-hybridized carbons (Fsp3) is 0.0870. The molecule has 0 aliphatic rings. The molecule has 0 atom stereocenters. The predicted octanol–water partition coefficient (Wildman–Crippen LogP) is 5.57. The normalized spacial score (nSPS) is 10.9. The van der Waals surface area contributed by atoms with Gasteiger partial charge >= 0.3 is 0 Å². The topological polar surface area (TPSA) is 66.9 Å². The lowest BCUT2D eigenvalue weighted by molar-refractivity contribution is 0.102. The molecule has 2 N–H and O–H groups in total. The number of carbonyl (C=O) groups excluding carboxylic acids is 1. The minimum Gasteiger partial charge on any atom is -0.332 e. The van der Waals surface area contributed by atoms with Crippen molar-refractivity contribution in [2.24, 2.45) is 0 Å². The summed E-state index contributed by atoms with van der Waals surface area (Å²) in [5, 5.41) is 3.08. The zero-order valence-corrected chi connectivity index (χ0v) is 18.8. The standard InChI is InChI=1S/C23H17BrFN3O2S/c1-13-5-7-17(11-19(13)25)26-21(29)15-6-8-18-20(10-15)27-23(31)28(22(18)30)12-14-3-2-4-16(24)9-14/h2-11H,12H2,1H3,(H,26,29)(H,27,31). The van der Waals surface area contributed by atoms with E-state index in [1.807, 2.05) is 24.3 Å². The summed E-state index contributed by atoms with van der Waals surface area (Å²) in [6, 6.07) is 16.8. The summed E-state index contributed by atoms with van der Waals surface area (Å²) >= 11 is 8.82. The number of hydrogen-bond donors (Lipinski definition) is 2. The molecule has 31 heavy (non-hydrogen) atoms. The average Bonchev–Trinajstić information content (AvgIpc) is 2.73. The molecule has 0 saturated carbocycles. The van der Waals surface area contributed by atoms with E-state index >= 15 is 0 Å². The molecule has 1 amide bonds. The van der Waals surface area contributed by atoms with Gasteiger partial charge in [-0.2, -0.15) is 0 Å². The molecule has 1 aromatic heterocycles. The average molecular weight is 498 g/mol. The first kappa shape index (κ1) is 21.1. The second-order valence-electron chi connectivity index (χ2n) is 7.13. The van der Waals surface area contributed by atoms with E-state index in [4.69, 9.17) is 12.2 Å². The number of rotatable bonds is 4. The molecule has 0 spiro atoms. The van der Waals surface area contributed by atoms with Crippen molar-refractivity contribution in [1.82, 2.24) is 9.55 Å². The van der Waals surface area contributed by atoms with Crippen LogP contribution in [0, 0.1) is 17.5 Å². The van der Waals surface area contributed by atoms with Gasteiger partial charge < -0.3 is 10.3 Å². The van der Waals surface area contributed by atoms with Crippen LogP contribution in [0.15, 0.2) is 69.9 Å². The van der Waals surface area contributed by atoms with E-state index in [0.29, 0.717) is 34.3 Å². The third kappa shape index (κ3) is 4.50. The van der Waals surface area contributed by atoms with Gasteiger partial charge in [0.1, 0.15) is 5.82 Å². The summed E-state index contributed by atoms with van der Waals surface area (Å²) in [6.07, 6.45) is 0. The fourth-order valence-corrected chi connectivity index (χ4v) is 3.94. The third-order valence-electron chi connectivity index (χ3n) is 4.90. The highest BCUT2D eigenvalue weighted by Gasteiger charge is 2.12. The summed E-state index contributed by atoms with van der Waals surface area (Å²) in [7, 11) is 0. The number of aromatic amines is 1. The zero-order valence-electron chi connectivity index (χ0n) is 16.4. The van der Waals surface area contributed by atoms with Crippen LogP contribution in [0.3, 0.4) is 0 Å². The second kappa shape index (κ2) is 8.56. The molecule has 0 aliphatic heterocycles. The molecule has 5 nitrogen and oxygen atoms in total. The van der Waals surface area contributed by atoms with Gasteiger partial charge in [0.25, 0.3) is 11.5 Å². The van der Waals surface area contributed by atoms with Gasteiger partial charge in [-0.3, -0.25) is 14.2 Å². The van der Waals surface area contributed by atoms with Crippen LogP contribution in [0.25, 0.3) is 10.9 Å². The number of aryl methyl sites for hydroxylation is 1. The lowest BCUT2D eigenvalue weighted by Gasteiger charge is -2.10. The van der Waals surface area contributed by atoms with Gasteiger partial charge in [-0.05, 0) is 72.7 Å². The molecule has 4 rings (SSSR count). The summed E-state index contributed by atoms with van der Waals surface area (Å²) in [4.78, 5) is 28.6. The number of nitrogens with one attached hydrogen (secondary N) is 2. The van der Waals surface area contributed by atoms with E-state index in [2.05, 4.69) is 26.2 Å². The monoisotopic (exact) mass is 497 g/mol. The van der Waals surface area contributed by atoms with Crippen LogP contribution in [0.2, 0.25) is 0 Å². The van der Waals surface area contributed by atoms with E-state index in [1.54, 1.807) is 37.3 Å². The van der Waals surface area contributed by atoms with Crippen LogP contribution < -0.4 is 10.9 Å². The number of anilines is 1. The SMILES string of the molecule is Cc1ccc(NC(=O)c2ccc3c(=O)n(Cc4cccc(Br)c4)c(=S)[nH]c3c2)cc1F. The molecule has 0 fully saturated rings. The molecule has 8 heteroatoms. The first-order valence-corrected chi connectivity index (χ1v) is 10.6. The van der Waals surface area contributed by atoms with Gasteiger partial charge in [-0.25, -0.2) is 4.39 Å². The van der Waals surface area contributed by atoms with Gasteiger partial charge in [-0.1, -0.05) is 34.1 Å². The van der Waals surface area contributed by atoms with Crippen LogP contribution in [0.1, 0.15) is 21.5 Å². The van der Waals surface area contributed by atoms with Crippen molar-refractivity contribution < 1.29 is 9.18 Å². The maximum absolute atomic E-state index is 13.7. The molecule has 156 valence electrons. The molecule has 0 unspecified atom stereocenters. The molecule has 1 heterocycles. The number of hydrogen-bond acceptors (Lipinski definition) is 3. The van der Waals surface area contributed by atoms with Crippen molar-refractivity contribution in [3.63, 3.8) is 0 Å². The Hall–Kier alpha value is -3.10. The second-order valence-corrected chi connectivity index (χ2v) is 8.43. The minimum atomic E-state index is -0.414. The predicted molar refractivity (Wildman–Crippen MR) is 126 cm³/mol. The first-order chi connectivity index (χ1) is 14.8. The number of aromatic nitrogens is 2. The summed E-state index contributed by atoms with van der Waals surface area (Å²) in [5.41, 5.74) is 2.32. The molecule has 3 aromatic carbocycles. The zero-order chi connectivity index (χ0) is 22.1. The number of carbonyl (C=O) groups is 1. The third-order valence-corrected chi connectivity index (χ3v) is 5.72. The van der Waals surface area contributed by atoms with E-state index in [1.165, 1.54) is 10.6 Å². The van der Waals surface area contributed by atoms with Gasteiger partial charge in [0.05, 0.1) is 17.4 Å². The van der Waals surface area contributed by atoms with Crippen molar-refractivity contribution in [2.45, 2.75) is 13.5 Å². The summed E-state index contributed by atoms with van der Waals surface area (Å²) in [5.74, 6) is -0.811. The maximum atomic E-state index is 13.7. The van der Waals surface area contributed by atoms with E-state index < -0.39 is 11.7 Å². The van der Waals surface area contributed by atoms with Gasteiger partial charge in [0.2, 0.25) is 0 Å².